The third kappa shape index (κ3) is 4.31. The average molecular weight is 332 g/mol. The van der Waals surface area contributed by atoms with Crippen LogP contribution in [-0.4, -0.2) is 4.98 Å². The van der Waals surface area contributed by atoms with Crippen LogP contribution in [-0.2, 0) is 11.4 Å². The van der Waals surface area contributed by atoms with E-state index in [9.17, 15) is 0 Å². The lowest BCUT2D eigenvalue weighted by Gasteiger charge is -2.28. The van der Waals surface area contributed by atoms with Gasteiger partial charge >= 0.3 is 0 Å². The normalized spacial score (nSPS) is 17.1. The first-order valence-electron chi connectivity index (χ1n) is 8.25. The van der Waals surface area contributed by atoms with E-state index in [0.29, 0.717) is 12.5 Å². The molecule has 3 rings (SSSR count). The van der Waals surface area contributed by atoms with Crippen molar-refractivity contribution in [3.05, 3.63) is 45.9 Å². The first kappa shape index (κ1) is 16.4. The fourth-order valence-corrected chi connectivity index (χ4v) is 3.88. The molecule has 1 aliphatic carbocycles. The number of aryl methyl sites for hydroxylation is 1. The number of rotatable bonds is 6. The second kappa shape index (κ2) is 7.90. The third-order valence-corrected chi connectivity index (χ3v) is 5.31. The predicted octanol–water partition coefficient (Wildman–Crippen LogP) is 4.54. The minimum absolute atomic E-state index is 0.00876. The van der Waals surface area contributed by atoms with E-state index in [4.69, 9.17) is 15.5 Å². The van der Waals surface area contributed by atoms with Crippen LogP contribution in [0.1, 0.15) is 54.5 Å². The van der Waals surface area contributed by atoms with Crippen LogP contribution < -0.4 is 10.6 Å². The minimum atomic E-state index is -0.00876. The van der Waals surface area contributed by atoms with E-state index in [1.165, 1.54) is 32.1 Å². The molecule has 0 amide bonds. The smallest absolute Gasteiger partial charge is 0.131 e. The van der Waals surface area contributed by atoms with Gasteiger partial charge in [0.2, 0.25) is 0 Å². The van der Waals surface area contributed by atoms with Gasteiger partial charge in [-0.15, -0.1) is 11.3 Å². The largest absolute Gasteiger partial charge is 0.487 e. The number of thiazole rings is 1. The molecule has 1 aliphatic rings. The first-order valence-corrected chi connectivity index (χ1v) is 9.13. The maximum Gasteiger partial charge on any atom is 0.131 e. The van der Waals surface area contributed by atoms with Gasteiger partial charge < -0.3 is 4.74 Å². The lowest BCUT2D eigenvalue weighted by Crippen LogP contribution is -2.21. The van der Waals surface area contributed by atoms with E-state index in [2.05, 4.69) is 17.1 Å². The Labute approximate surface area is 141 Å². The summed E-state index contributed by atoms with van der Waals surface area (Å²) in [5.41, 5.74) is 2.11. The van der Waals surface area contributed by atoms with Crippen molar-refractivity contribution in [2.45, 2.75) is 51.7 Å². The molecular formula is C18H24N2O2S. The molecule has 0 saturated heterocycles. The summed E-state index contributed by atoms with van der Waals surface area (Å²) in [4.78, 5) is 9.70. The monoisotopic (exact) mass is 332 g/mol. The highest BCUT2D eigenvalue weighted by Crippen LogP contribution is 2.36. The lowest BCUT2D eigenvalue weighted by molar-refractivity contribution is -0.00278. The van der Waals surface area contributed by atoms with Gasteiger partial charge in [-0.05, 0) is 43.4 Å². The second-order valence-corrected chi connectivity index (χ2v) is 7.23. The average Bonchev–Trinajstić information content (AvgIpc) is 3.01. The number of nitrogens with two attached hydrogens (primary N) is 1. The van der Waals surface area contributed by atoms with E-state index in [-0.39, 0.29) is 6.10 Å². The van der Waals surface area contributed by atoms with Gasteiger partial charge in [0, 0.05) is 5.38 Å². The molecular weight excluding hydrogens is 308 g/mol. The number of benzene rings is 1. The van der Waals surface area contributed by atoms with Crippen molar-refractivity contribution in [2.24, 2.45) is 11.8 Å². The van der Waals surface area contributed by atoms with Crippen LogP contribution in [0.3, 0.4) is 0 Å². The van der Waals surface area contributed by atoms with Crippen molar-refractivity contribution in [1.82, 2.24) is 4.98 Å². The highest BCUT2D eigenvalue weighted by molar-refractivity contribution is 7.09. The topological polar surface area (TPSA) is 57.4 Å². The fraction of sp³-hybridized carbons (Fsp3) is 0.500. The quantitative estimate of drug-likeness (QED) is 0.789. The lowest BCUT2D eigenvalue weighted by atomic mass is 9.83. The molecule has 1 saturated carbocycles. The van der Waals surface area contributed by atoms with E-state index >= 15 is 0 Å². The van der Waals surface area contributed by atoms with Gasteiger partial charge in [0.25, 0.3) is 0 Å². The fourth-order valence-electron chi connectivity index (χ4n) is 3.28. The molecule has 0 spiro atoms. The van der Waals surface area contributed by atoms with Gasteiger partial charge in [0.05, 0.1) is 10.7 Å². The molecule has 4 nitrogen and oxygen atoms in total. The van der Waals surface area contributed by atoms with Gasteiger partial charge in [-0.25, -0.2) is 10.9 Å². The molecule has 2 aromatic rings. The number of hydrogen-bond acceptors (Lipinski definition) is 5. The van der Waals surface area contributed by atoms with Gasteiger partial charge in [-0.3, -0.25) is 4.84 Å². The molecule has 1 fully saturated rings. The molecule has 23 heavy (non-hydrogen) atoms. The summed E-state index contributed by atoms with van der Waals surface area (Å²) < 4.78 is 5.79. The first-order chi connectivity index (χ1) is 11.3. The molecule has 0 bridgehead atoms. The third-order valence-electron chi connectivity index (χ3n) is 4.49. The summed E-state index contributed by atoms with van der Waals surface area (Å²) in [7, 11) is 0. The summed E-state index contributed by atoms with van der Waals surface area (Å²) in [6, 6.07) is 8.11. The van der Waals surface area contributed by atoms with Gasteiger partial charge in [-0.2, -0.15) is 0 Å². The highest BCUT2D eigenvalue weighted by atomic mass is 32.1. The summed E-state index contributed by atoms with van der Waals surface area (Å²) in [5, 5.41) is 3.10. The maximum absolute atomic E-state index is 5.79. The van der Waals surface area contributed by atoms with Crippen molar-refractivity contribution in [2.75, 3.05) is 0 Å². The Balaban J connectivity index is 1.61. The molecule has 5 heteroatoms. The Morgan fingerprint density at radius 1 is 1.22 bits per heavy atom. The zero-order chi connectivity index (χ0) is 16.1. The van der Waals surface area contributed by atoms with Crippen molar-refractivity contribution < 1.29 is 9.57 Å². The van der Waals surface area contributed by atoms with Crippen LogP contribution in [0.25, 0.3) is 0 Å². The second-order valence-electron chi connectivity index (χ2n) is 6.17. The maximum atomic E-state index is 5.79. The van der Waals surface area contributed by atoms with Crippen molar-refractivity contribution in [3.63, 3.8) is 0 Å². The molecule has 1 heterocycles. The SMILES string of the molecule is Cc1nc(COc2ccc(C(ON)C3CCCCC3)cc2)cs1. The predicted molar refractivity (Wildman–Crippen MR) is 92.2 cm³/mol. The number of nitrogens with zero attached hydrogens (tertiary/aromatic N) is 1. The minimum Gasteiger partial charge on any atom is -0.487 e. The van der Waals surface area contributed by atoms with E-state index in [1.54, 1.807) is 11.3 Å². The number of ether oxygens (including phenoxy) is 1. The Morgan fingerprint density at radius 2 is 1.96 bits per heavy atom. The Kier molecular flexibility index (Phi) is 5.65. The van der Waals surface area contributed by atoms with E-state index < -0.39 is 0 Å². The van der Waals surface area contributed by atoms with Crippen LogP contribution in [0.2, 0.25) is 0 Å². The van der Waals surface area contributed by atoms with E-state index in [1.807, 2.05) is 24.4 Å². The zero-order valence-electron chi connectivity index (χ0n) is 13.5. The van der Waals surface area contributed by atoms with Crippen LogP contribution in [0.15, 0.2) is 29.6 Å². The molecule has 1 aromatic heterocycles. The number of aromatic nitrogens is 1. The molecule has 0 aliphatic heterocycles. The molecule has 1 unspecified atom stereocenters. The van der Waals surface area contributed by atoms with Crippen molar-refractivity contribution >= 4 is 11.3 Å². The molecule has 2 N–H and O–H groups in total. The molecule has 1 atom stereocenters. The van der Waals surface area contributed by atoms with Gasteiger partial charge in [0.15, 0.2) is 0 Å². The highest BCUT2D eigenvalue weighted by Gasteiger charge is 2.25. The van der Waals surface area contributed by atoms with Gasteiger partial charge in [-0.1, -0.05) is 31.4 Å². The summed E-state index contributed by atoms with van der Waals surface area (Å²) >= 11 is 1.64. The molecule has 0 radical (unpaired) electrons. The number of hydrogen-bond donors (Lipinski definition) is 1. The molecule has 124 valence electrons. The van der Waals surface area contributed by atoms with Crippen LogP contribution >= 0.6 is 11.3 Å². The zero-order valence-corrected chi connectivity index (χ0v) is 14.3. The summed E-state index contributed by atoms with van der Waals surface area (Å²) in [6.45, 7) is 2.50. The van der Waals surface area contributed by atoms with Crippen LogP contribution in [0.5, 0.6) is 5.75 Å². The van der Waals surface area contributed by atoms with Crippen molar-refractivity contribution in [1.29, 1.82) is 0 Å². The van der Waals surface area contributed by atoms with Crippen LogP contribution in [0, 0.1) is 12.8 Å². The summed E-state index contributed by atoms with van der Waals surface area (Å²) in [6.07, 6.45) is 6.27. The Morgan fingerprint density at radius 3 is 2.57 bits per heavy atom. The Hall–Kier alpha value is -1.43. The van der Waals surface area contributed by atoms with E-state index in [0.717, 1.165) is 22.0 Å². The van der Waals surface area contributed by atoms with Crippen LogP contribution in [0.4, 0.5) is 0 Å². The summed E-state index contributed by atoms with van der Waals surface area (Å²) in [5.74, 6) is 6.94. The molecule has 1 aromatic carbocycles. The van der Waals surface area contributed by atoms with Crippen molar-refractivity contribution in [3.8, 4) is 5.75 Å². The van der Waals surface area contributed by atoms with Gasteiger partial charge in [0.1, 0.15) is 18.5 Å². The standard InChI is InChI=1S/C18H24N2O2S/c1-13-20-16(12-23-13)11-21-17-9-7-15(8-10-17)18(22-19)14-5-3-2-4-6-14/h7-10,12,14,18H,2-6,11,19H2,1H3. The Bertz CT molecular complexity index is 606.